The number of rotatable bonds is 1. The summed E-state index contributed by atoms with van der Waals surface area (Å²) in [5.74, 6) is -0.358. The fourth-order valence-corrected chi connectivity index (χ4v) is 1.61. The van der Waals surface area contributed by atoms with Crippen LogP contribution >= 0.6 is 0 Å². The third kappa shape index (κ3) is 1.20. The van der Waals surface area contributed by atoms with Crippen molar-refractivity contribution in [3.8, 4) is 0 Å². The molecule has 0 saturated carbocycles. The summed E-state index contributed by atoms with van der Waals surface area (Å²) in [5, 5.41) is 4.32. The number of ketones is 1. The predicted octanol–water partition coefficient (Wildman–Crippen LogP) is -0.617. The Morgan fingerprint density at radius 2 is 2.00 bits per heavy atom. The number of nitrogens with one attached hydrogen (secondary N) is 1. The molecule has 0 unspecified atom stereocenters. The molecule has 4 nitrogen and oxygen atoms in total. The minimum absolute atomic E-state index is 0.119. The highest BCUT2D eigenvalue weighted by Gasteiger charge is 2.35. The largest absolute Gasteiger partial charge is 0.332 e. The first kappa shape index (κ1) is 8.90. The zero-order valence-electron chi connectivity index (χ0n) is 7.78. The molecule has 14 heavy (non-hydrogen) atoms. The number of quaternary nitrogens is 1. The van der Waals surface area contributed by atoms with Gasteiger partial charge in [0.25, 0.3) is 5.91 Å². The van der Waals surface area contributed by atoms with Crippen LogP contribution < -0.4 is 10.6 Å². The number of benzene rings is 1. The molecule has 3 N–H and O–H groups in total. The van der Waals surface area contributed by atoms with E-state index in [9.17, 15) is 9.59 Å². The third-order valence-electron chi connectivity index (χ3n) is 2.35. The lowest BCUT2D eigenvalue weighted by Gasteiger charge is -2.20. The summed E-state index contributed by atoms with van der Waals surface area (Å²) in [7, 11) is 1.72. The van der Waals surface area contributed by atoms with E-state index in [2.05, 4.69) is 5.32 Å². The highest BCUT2D eigenvalue weighted by Crippen LogP contribution is 2.20. The van der Waals surface area contributed by atoms with Crippen molar-refractivity contribution < 1.29 is 14.9 Å². The Labute approximate surface area is 81.3 Å². The Morgan fingerprint density at radius 1 is 1.29 bits per heavy atom. The van der Waals surface area contributed by atoms with Gasteiger partial charge in [-0.05, 0) is 12.1 Å². The van der Waals surface area contributed by atoms with Crippen LogP contribution in [-0.4, -0.2) is 24.8 Å². The molecule has 1 aromatic carbocycles. The highest BCUT2D eigenvalue weighted by atomic mass is 16.2. The molecule has 0 fully saturated rings. The van der Waals surface area contributed by atoms with Crippen molar-refractivity contribution in [1.29, 1.82) is 0 Å². The number of amides is 1. The van der Waals surface area contributed by atoms with Crippen LogP contribution in [0.25, 0.3) is 0 Å². The van der Waals surface area contributed by atoms with Crippen molar-refractivity contribution in [1.82, 2.24) is 0 Å². The predicted molar refractivity (Wildman–Crippen MR) is 51.0 cm³/mol. The van der Waals surface area contributed by atoms with Crippen molar-refractivity contribution in [2.75, 3.05) is 12.4 Å². The van der Waals surface area contributed by atoms with Gasteiger partial charge in [-0.1, -0.05) is 12.1 Å². The van der Waals surface area contributed by atoms with Gasteiger partial charge in [-0.3, -0.25) is 9.59 Å². The molecule has 0 aromatic heterocycles. The van der Waals surface area contributed by atoms with Gasteiger partial charge in [0.2, 0.25) is 11.8 Å². The molecule has 0 spiro atoms. The molecule has 1 aliphatic rings. The minimum atomic E-state index is -0.634. The van der Waals surface area contributed by atoms with Crippen LogP contribution in [0.5, 0.6) is 0 Å². The number of para-hydroxylation sites is 1. The van der Waals surface area contributed by atoms with Crippen LogP contribution in [0.2, 0.25) is 0 Å². The standard InChI is InChI=1S/C10H10N2O2/c1-11-8-9(13)6-4-2-3-5-7(6)12-10(8)14/h2-5,8,11H,1H3,(H,12,14)/p+1/t8-/m0/s1. The molecular formula is C10H11N2O2+. The van der Waals surface area contributed by atoms with Gasteiger partial charge in [0.05, 0.1) is 12.7 Å². The van der Waals surface area contributed by atoms with Crippen molar-refractivity contribution in [3.05, 3.63) is 29.8 Å². The van der Waals surface area contributed by atoms with Gasteiger partial charge in [0, 0.05) is 5.56 Å². The first-order chi connectivity index (χ1) is 6.74. The van der Waals surface area contributed by atoms with Gasteiger partial charge in [-0.25, -0.2) is 0 Å². The van der Waals surface area contributed by atoms with Gasteiger partial charge in [0.15, 0.2) is 0 Å². The maximum Gasteiger partial charge on any atom is 0.291 e. The van der Waals surface area contributed by atoms with E-state index < -0.39 is 6.04 Å². The topological polar surface area (TPSA) is 62.8 Å². The number of hydrogen-bond acceptors (Lipinski definition) is 2. The number of fused-ring (bicyclic) bond motifs is 1. The molecule has 72 valence electrons. The lowest BCUT2D eigenvalue weighted by Crippen LogP contribution is -2.91. The number of likely N-dealkylation sites (N-methyl/N-ethyl adjacent to an activating group) is 1. The molecule has 2 rings (SSSR count). The van der Waals surface area contributed by atoms with E-state index in [0.717, 1.165) is 0 Å². The summed E-state index contributed by atoms with van der Waals surface area (Å²) in [5.41, 5.74) is 1.20. The molecule has 0 saturated heterocycles. The van der Waals surface area contributed by atoms with Gasteiger partial charge in [-0.15, -0.1) is 0 Å². The molecule has 1 amide bonds. The minimum Gasteiger partial charge on any atom is -0.332 e. The molecule has 0 bridgehead atoms. The molecule has 1 heterocycles. The quantitative estimate of drug-likeness (QED) is 0.581. The molecule has 0 aliphatic carbocycles. The average molecular weight is 191 g/mol. The summed E-state index contributed by atoms with van der Waals surface area (Å²) in [6, 6.07) is 6.42. The number of carbonyl (C=O) groups is 2. The van der Waals surface area contributed by atoms with Crippen molar-refractivity contribution in [2.24, 2.45) is 0 Å². The maximum atomic E-state index is 11.8. The number of hydrogen-bond donors (Lipinski definition) is 2. The zero-order valence-corrected chi connectivity index (χ0v) is 7.78. The first-order valence-corrected chi connectivity index (χ1v) is 4.47. The van der Waals surface area contributed by atoms with E-state index in [0.29, 0.717) is 11.3 Å². The Morgan fingerprint density at radius 3 is 2.71 bits per heavy atom. The van der Waals surface area contributed by atoms with Crippen molar-refractivity contribution in [2.45, 2.75) is 6.04 Å². The molecular weight excluding hydrogens is 180 g/mol. The Balaban J connectivity index is 2.49. The van der Waals surface area contributed by atoms with Gasteiger partial charge >= 0.3 is 0 Å². The number of Topliss-reactive ketones (excluding diaryl/α,β-unsaturated/α-hetero) is 1. The van der Waals surface area contributed by atoms with Crippen LogP contribution in [0, 0.1) is 0 Å². The lowest BCUT2D eigenvalue weighted by molar-refractivity contribution is -0.635. The van der Waals surface area contributed by atoms with Crippen molar-refractivity contribution >= 4 is 17.4 Å². The summed E-state index contributed by atoms with van der Waals surface area (Å²) in [4.78, 5) is 23.2. The average Bonchev–Trinajstić information content (AvgIpc) is 2.18. The van der Waals surface area contributed by atoms with Crippen molar-refractivity contribution in [3.63, 3.8) is 0 Å². The molecule has 0 radical (unpaired) electrons. The van der Waals surface area contributed by atoms with E-state index in [1.165, 1.54) is 0 Å². The number of nitrogens with two attached hydrogens (primary N) is 1. The Kier molecular flexibility index (Phi) is 2.05. The first-order valence-electron chi connectivity index (χ1n) is 4.47. The van der Waals surface area contributed by atoms with Crippen LogP contribution in [0.4, 0.5) is 5.69 Å². The highest BCUT2D eigenvalue weighted by molar-refractivity contribution is 6.22. The molecule has 1 aromatic rings. The maximum absolute atomic E-state index is 11.8. The van der Waals surface area contributed by atoms with Gasteiger partial charge in [-0.2, -0.15) is 0 Å². The molecule has 4 heteroatoms. The van der Waals surface area contributed by atoms with Crippen LogP contribution in [0.1, 0.15) is 10.4 Å². The molecule has 1 atom stereocenters. The Hall–Kier alpha value is -1.68. The van der Waals surface area contributed by atoms with Gasteiger partial charge in [0.1, 0.15) is 0 Å². The second-order valence-electron chi connectivity index (χ2n) is 3.21. The summed E-state index contributed by atoms with van der Waals surface area (Å²) in [6.45, 7) is 0. The number of carbonyl (C=O) groups excluding carboxylic acids is 2. The van der Waals surface area contributed by atoms with E-state index in [1.54, 1.807) is 36.6 Å². The molecule has 1 aliphatic heterocycles. The number of anilines is 1. The van der Waals surface area contributed by atoms with E-state index in [-0.39, 0.29) is 11.7 Å². The Bertz CT molecular complexity index is 401. The zero-order chi connectivity index (χ0) is 10.1. The lowest BCUT2D eigenvalue weighted by atomic mass is 9.98. The SMILES string of the molecule is C[NH2+][C@@H]1C(=O)Nc2ccccc2C1=O. The van der Waals surface area contributed by atoms with Gasteiger partial charge < -0.3 is 10.6 Å². The summed E-state index contributed by atoms with van der Waals surface area (Å²) in [6.07, 6.45) is 0. The summed E-state index contributed by atoms with van der Waals surface area (Å²) < 4.78 is 0. The normalized spacial score (nSPS) is 20.2. The fourth-order valence-electron chi connectivity index (χ4n) is 1.61. The van der Waals surface area contributed by atoms with Crippen LogP contribution in [0.15, 0.2) is 24.3 Å². The van der Waals surface area contributed by atoms with Crippen LogP contribution in [-0.2, 0) is 4.79 Å². The second-order valence-corrected chi connectivity index (χ2v) is 3.21. The smallest absolute Gasteiger partial charge is 0.291 e. The van der Waals surface area contributed by atoms with E-state index in [1.807, 2.05) is 0 Å². The van der Waals surface area contributed by atoms with Crippen LogP contribution in [0.3, 0.4) is 0 Å². The summed E-state index contributed by atoms with van der Waals surface area (Å²) >= 11 is 0. The van der Waals surface area contributed by atoms with E-state index in [4.69, 9.17) is 0 Å². The van der Waals surface area contributed by atoms with E-state index >= 15 is 0 Å². The third-order valence-corrected chi connectivity index (χ3v) is 2.35. The second kappa shape index (κ2) is 3.23. The monoisotopic (exact) mass is 191 g/mol. The fraction of sp³-hybridized carbons (Fsp3) is 0.200.